The minimum Gasteiger partial charge on any atom is -0.303 e. The Morgan fingerprint density at radius 3 is 2.87 bits per heavy atom. The number of halogens is 2. The van der Waals surface area contributed by atoms with E-state index in [4.69, 9.17) is 23.2 Å². The first-order valence-electron chi connectivity index (χ1n) is 4.57. The second-order valence-electron chi connectivity index (χ2n) is 3.28. The van der Waals surface area contributed by atoms with Gasteiger partial charge >= 0.3 is 0 Å². The number of benzene rings is 1. The number of imidazole rings is 1. The molecule has 0 fully saturated rings. The van der Waals surface area contributed by atoms with E-state index in [1.165, 1.54) is 0 Å². The smallest absolute Gasteiger partial charge is 0.128 e. The maximum Gasteiger partial charge on any atom is 0.128 e. The van der Waals surface area contributed by atoms with E-state index in [9.17, 15) is 0 Å². The van der Waals surface area contributed by atoms with Crippen molar-refractivity contribution < 1.29 is 0 Å². The maximum atomic E-state index is 5.96. The van der Waals surface area contributed by atoms with Gasteiger partial charge in [0.2, 0.25) is 0 Å². The largest absolute Gasteiger partial charge is 0.303 e. The second-order valence-corrected chi connectivity index (χ2v) is 3.96. The van der Waals surface area contributed by atoms with Crippen LogP contribution in [0.2, 0.25) is 5.02 Å². The van der Waals surface area contributed by atoms with Crippen molar-refractivity contribution in [3.05, 3.63) is 47.0 Å². The second kappa shape index (κ2) is 4.25. The van der Waals surface area contributed by atoms with Crippen LogP contribution in [-0.4, -0.2) is 9.55 Å². The molecule has 78 valence electrons. The van der Waals surface area contributed by atoms with Crippen molar-refractivity contribution in [2.24, 2.45) is 0 Å². The molecule has 0 N–H and O–H groups in total. The Morgan fingerprint density at radius 2 is 2.20 bits per heavy atom. The Labute approximate surface area is 98.5 Å². The lowest BCUT2D eigenvalue weighted by atomic mass is 10.2. The van der Waals surface area contributed by atoms with Crippen molar-refractivity contribution >= 4 is 23.2 Å². The number of alkyl halides is 1. The van der Waals surface area contributed by atoms with Gasteiger partial charge in [0.25, 0.3) is 0 Å². The number of aromatic nitrogens is 2. The molecule has 0 aliphatic rings. The van der Waals surface area contributed by atoms with Gasteiger partial charge in [0.05, 0.1) is 5.88 Å². The molecule has 1 aromatic carbocycles. The molecule has 0 aliphatic carbocycles. The van der Waals surface area contributed by atoms with Crippen molar-refractivity contribution in [1.82, 2.24) is 9.55 Å². The lowest BCUT2D eigenvalue weighted by molar-refractivity contribution is 0.956. The molecule has 15 heavy (non-hydrogen) atoms. The molecule has 0 unspecified atom stereocenters. The van der Waals surface area contributed by atoms with E-state index < -0.39 is 0 Å². The van der Waals surface area contributed by atoms with Gasteiger partial charge in [-0.1, -0.05) is 11.6 Å². The van der Waals surface area contributed by atoms with Gasteiger partial charge in [-0.2, -0.15) is 0 Å². The zero-order valence-corrected chi connectivity index (χ0v) is 9.76. The van der Waals surface area contributed by atoms with E-state index >= 15 is 0 Å². The van der Waals surface area contributed by atoms with Gasteiger partial charge in [-0.3, -0.25) is 0 Å². The van der Waals surface area contributed by atoms with Crippen LogP contribution >= 0.6 is 23.2 Å². The van der Waals surface area contributed by atoms with E-state index in [1.54, 1.807) is 6.20 Å². The number of hydrogen-bond acceptors (Lipinski definition) is 1. The summed E-state index contributed by atoms with van der Waals surface area (Å²) in [7, 11) is 0. The van der Waals surface area contributed by atoms with Gasteiger partial charge in [0.1, 0.15) is 5.82 Å². The molecule has 0 spiro atoms. The Balaban J connectivity index is 2.50. The lowest BCUT2D eigenvalue weighted by Crippen LogP contribution is -1.98. The van der Waals surface area contributed by atoms with E-state index in [0.29, 0.717) is 5.88 Å². The predicted molar refractivity (Wildman–Crippen MR) is 62.9 cm³/mol. The highest BCUT2D eigenvalue weighted by Gasteiger charge is 2.04. The summed E-state index contributed by atoms with van der Waals surface area (Å²) in [6.07, 6.45) is 3.63. The predicted octanol–water partition coefficient (Wildman–Crippen LogP) is 3.57. The maximum absolute atomic E-state index is 5.96. The van der Waals surface area contributed by atoms with Crippen molar-refractivity contribution in [2.75, 3.05) is 0 Å². The molecule has 0 atom stereocenters. The first-order chi connectivity index (χ1) is 7.22. The summed E-state index contributed by atoms with van der Waals surface area (Å²) in [6, 6.07) is 5.84. The monoisotopic (exact) mass is 240 g/mol. The summed E-state index contributed by atoms with van der Waals surface area (Å²) in [4.78, 5) is 4.16. The zero-order chi connectivity index (χ0) is 10.8. The molecule has 0 aliphatic heterocycles. The van der Waals surface area contributed by atoms with Gasteiger partial charge in [0, 0.05) is 23.1 Å². The first-order valence-corrected chi connectivity index (χ1v) is 5.48. The summed E-state index contributed by atoms with van der Waals surface area (Å²) in [5, 5.41) is 0.770. The number of hydrogen-bond donors (Lipinski definition) is 0. The molecule has 1 aromatic heterocycles. The Bertz CT molecular complexity index is 477. The normalized spacial score (nSPS) is 10.6. The van der Waals surface area contributed by atoms with Gasteiger partial charge < -0.3 is 4.57 Å². The van der Waals surface area contributed by atoms with Crippen LogP contribution in [0.5, 0.6) is 0 Å². The molecular weight excluding hydrogens is 231 g/mol. The molecule has 0 saturated carbocycles. The summed E-state index contributed by atoms with van der Waals surface area (Å²) < 4.78 is 1.95. The van der Waals surface area contributed by atoms with Crippen LogP contribution in [0.4, 0.5) is 0 Å². The molecular formula is C11H10Cl2N2. The number of rotatable bonds is 2. The number of aryl methyl sites for hydroxylation is 1. The summed E-state index contributed by atoms with van der Waals surface area (Å²) >= 11 is 11.7. The Hall–Kier alpha value is -0.990. The molecule has 2 nitrogen and oxygen atoms in total. The van der Waals surface area contributed by atoms with E-state index in [2.05, 4.69) is 4.98 Å². The standard InChI is InChI=1S/C11H10Cl2N2/c1-8-6-9(2-3-10(8)13)15-5-4-14-11(15)7-12/h2-6H,7H2,1H3. The van der Waals surface area contributed by atoms with Crippen LogP contribution in [0.15, 0.2) is 30.6 Å². The van der Waals surface area contributed by atoms with Crippen molar-refractivity contribution in [1.29, 1.82) is 0 Å². The highest BCUT2D eigenvalue weighted by molar-refractivity contribution is 6.31. The Kier molecular flexibility index (Phi) is 2.98. The van der Waals surface area contributed by atoms with Crippen LogP contribution in [0, 0.1) is 6.92 Å². The summed E-state index contributed by atoms with van der Waals surface area (Å²) in [5.41, 5.74) is 2.08. The topological polar surface area (TPSA) is 17.8 Å². The zero-order valence-electron chi connectivity index (χ0n) is 8.24. The average Bonchev–Trinajstić information content (AvgIpc) is 2.70. The lowest BCUT2D eigenvalue weighted by Gasteiger charge is -2.07. The summed E-state index contributed by atoms with van der Waals surface area (Å²) in [6.45, 7) is 1.98. The SMILES string of the molecule is Cc1cc(-n2ccnc2CCl)ccc1Cl. The van der Waals surface area contributed by atoms with E-state index in [-0.39, 0.29) is 0 Å². The fraction of sp³-hybridized carbons (Fsp3) is 0.182. The third-order valence-corrected chi connectivity index (χ3v) is 2.92. The van der Waals surface area contributed by atoms with Crippen LogP contribution in [0.25, 0.3) is 5.69 Å². The molecule has 0 saturated heterocycles. The van der Waals surface area contributed by atoms with E-state index in [0.717, 1.165) is 22.1 Å². The fourth-order valence-electron chi connectivity index (χ4n) is 1.45. The minimum atomic E-state index is 0.397. The average molecular weight is 241 g/mol. The minimum absolute atomic E-state index is 0.397. The van der Waals surface area contributed by atoms with Gasteiger partial charge in [-0.15, -0.1) is 11.6 Å². The molecule has 4 heteroatoms. The first kappa shape index (κ1) is 10.5. The van der Waals surface area contributed by atoms with Crippen molar-refractivity contribution in [2.45, 2.75) is 12.8 Å². The van der Waals surface area contributed by atoms with Gasteiger partial charge in [-0.25, -0.2) is 4.98 Å². The number of nitrogens with zero attached hydrogens (tertiary/aromatic N) is 2. The molecule has 2 aromatic rings. The molecule has 1 heterocycles. The quantitative estimate of drug-likeness (QED) is 0.735. The highest BCUT2D eigenvalue weighted by atomic mass is 35.5. The van der Waals surface area contributed by atoms with Crippen LogP contribution in [0.3, 0.4) is 0 Å². The van der Waals surface area contributed by atoms with Crippen molar-refractivity contribution in [3.63, 3.8) is 0 Å². The van der Waals surface area contributed by atoms with Crippen molar-refractivity contribution in [3.8, 4) is 5.69 Å². The third-order valence-electron chi connectivity index (χ3n) is 2.26. The highest BCUT2D eigenvalue weighted by Crippen LogP contribution is 2.20. The van der Waals surface area contributed by atoms with E-state index in [1.807, 2.05) is 35.9 Å². The van der Waals surface area contributed by atoms with Crippen LogP contribution in [0.1, 0.15) is 11.4 Å². The molecule has 0 radical (unpaired) electrons. The molecule has 2 rings (SSSR count). The van der Waals surface area contributed by atoms with Gasteiger partial charge in [0.15, 0.2) is 0 Å². The van der Waals surface area contributed by atoms with Gasteiger partial charge in [-0.05, 0) is 30.7 Å². The van der Waals surface area contributed by atoms with Crippen LogP contribution < -0.4 is 0 Å². The summed E-state index contributed by atoms with van der Waals surface area (Å²) in [5.74, 6) is 1.23. The molecule has 0 amide bonds. The van der Waals surface area contributed by atoms with Crippen LogP contribution in [-0.2, 0) is 5.88 Å². The fourth-order valence-corrected chi connectivity index (χ4v) is 1.76. The third kappa shape index (κ3) is 2.01. The molecule has 0 bridgehead atoms. The Morgan fingerprint density at radius 1 is 1.40 bits per heavy atom.